The van der Waals surface area contributed by atoms with Crippen molar-refractivity contribution in [3.63, 3.8) is 0 Å². The first-order valence-corrected chi connectivity index (χ1v) is 7.12. The van der Waals surface area contributed by atoms with Crippen LogP contribution in [0.25, 0.3) is 0 Å². The highest BCUT2D eigenvalue weighted by Crippen LogP contribution is 2.17. The standard InChI is InChI=1S/C15H25N3/c1-13(15-8-3-5-10-17-15)16-11-9-14-7-4-6-12-18(14)2/h3,5,8,10,13-14,16H,4,6-7,9,11-12H2,1-2H3/t13-,14?/m1/s1. The molecule has 0 spiro atoms. The Kier molecular flexibility index (Phi) is 5.14. The van der Waals surface area contributed by atoms with E-state index >= 15 is 0 Å². The fraction of sp³-hybridized carbons (Fsp3) is 0.667. The van der Waals surface area contributed by atoms with Crippen LogP contribution < -0.4 is 5.32 Å². The highest BCUT2D eigenvalue weighted by Gasteiger charge is 2.18. The Labute approximate surface area is 111 Å². The molecule has 18 heavy (non-hydrogen) atoms. The second-order valence-corrected chi connectivity index (χ2v) is 5.35. The van der Waals surface area contributed by atoms with E-state index in [2.05, 4.69) is 41.3 Å². The second kappa shape index (κ2) is 6.86. The number of hydrogen-bond acceptors (Lipinski definition) is 3. The molecule has 0 radical (unpaired) electrons. The number of rotatable bonds is 5. The van der Waals surface area contributed by atoms with Crippen LogP contribution in [0.3, 0.4) is 0 Å². The molecule has 1 N–H and O–H groups in total. The third-order valence-electron chi connectivity index (χ3n) is 3.98. The molecule has 2 atom stereocenters. The Bertz CT molecular complexity index is 339. The van der Waals surface area contributed by atoms with E-state index in [1.165, 1.54) is 32.2 Å². The summed E-state index contributed by atoms with van der Waals surface area (Å²) in [5.41, 5.74) is 1.13. The van der Waals surface area contributed by atoms with E-state index in [-0.39, 0.29) is 0 Å². The summed E-state index contributed by atoms with van der Waals surface area (Å²) in [6.07, 6.45) is 7.22. The summed E-state index contributed by atoms with van der Waals surface area (Å²) in [6.45, 7) is 4.53. The summed E-state index contributed by atoms with van der Waals surface area (Å²) in [5.74, 6) is 0. The Morgan fingerprint density at radius 1 is 1.44 bits per heavy atom. The van der Waals surface area contributed by atoms with Gasteiger partial charge in [0.15, 0.2) is 0 Å². The van der Waals surface area contributed by atoms with Crippen LogP contribution in [0.4, 0.5) is 0 Å². The predicted molar refractivity (Wildman–Crippen MR) is 75.5 cm³/mol. The summed E-state index contributed by atoms with van der Waals surface area (Å²) in [6, 6.07) is 7.22. The molecule has 1 aliphatic rings. The minimum absolute atomic E-state index is 0.347. The van der Waals surface area contributed by atoms with Crippen molar-refractivity contribution < 1.29 is 0 Å². The molecular weight excluding hydrogens is 222 g/mol. The minimum Gasteiger partial charge on any atom is -0.309 e. The maximum atomic E-state index is 4.39. The third-order valence-corrected chi connectivity index (χ3v) is 3.98. The summed E-state index contributed by atoms with van der Waals surface area (Å²) >= 11 is 0. The number of nitrogens with one attached hydrogen (secondary N) is 1. The molecule has 3 heteroatoms. The van der Waals surface area contributed by atoms with Gasteiger partial charge in [-0.15, -0.1) is 0 Å². The fourth-order valence-corrected chi connectivity index (χ4v) is 2.71. The van der Waals surface area contributed by atoms with Crippen molar-refractivity contribution in [2.45, 2.75) is 44.7 Å². The largest absolute Gasteiger partial charge is 0.309 e. The maximum Gasteiger partial charge on any atom is 0.0570 e. The van der Waals surface area contributed by atoms with Gasteiger partial charge in [-0.25, -0.2) is 0 Å². The summed E-state index contributed by atoms with van der Waals surface area (Å²) in [5, 5.41) is 3.58. The zero-order chi connectivity index (χ0) is 12.8. The van der Waals surface area contributed by atoms with Crippen molar-refractivity contribution in [3.05, 3.63) is 30.1 Å². The monoisotopic (exact) mass is 247 g/mol. The molecule has 100 valence electrons. The van der Waals surface area contributed by atoms with Crippen LogP contribution in [-0.4, -0.2) is 36.1 Å². The van der Waals surface area contributed by atoms with Gasteiger partial charge in [0, 0.05) is 18.3 Å². The van der Waals surface area contributed by atoms with Gasteiger partial charge in [0.25, 0.3) is 0 Å². The van der Waals surface area contributed by atoms with Crippen LogP contribution in [-0.2, 0) is 0 Å². The van der Waals surface area contributed by atoms with Crippen LogP contribution in [0.15, 0.2) is 24.4 Å². The molecule has 0 aliphatic carbocycles. The SMILES string of the molecule is C[C@@H](NCCC1CCCCN1C)c1ccccn1. The van der Waals surface area contributed by atoms with Crippen LogP contribution in [0.2, 0.25) is 0 Å². The number of pyridine rings is 1. The number of piperidine rings is 1. The number of aromatic nitrogens is 1. The molecule has 0 amide bonds. The molecule has 1 saturated heterocycles. The Morgan fingerprint density at radius 2 is 2.33 bits per heavy atom. The van der Waals surface area contributed by atoms with Crippen LogP contribution in [0.5, 0.6) is 0 Å². The van der Waals surface area contributed by atoms with Gasteiger partial charge in [-0.05, 0) is 58.5 Å². The quantitative estimate of drug-likeness (QED) is 0.867. The first-order valence-electron chi connectivity index (χ1n) is 7.12. The van der Waals surface area contributed by atoms with Crippen molar-refractivity contribution in [1.82, 2.24) is 15.2 Å². The molecule has 1 aromatic rings. The van der Waals surface area contributed by atoms with Gasteiger partial charge in [-0.2, -0.15) is 0 Å². The smallest absolute Gasteiger partial charge is 0.0570 e. The van der Waals surface area contributed by atoms with Gasteiger partial charge in [0.2, 0.25) is 0 Å². The van der Waals surface area contributed by atoms with Crippen LogP contribution in [0.1, 0.15) is 44.3 Å². The van der Waals surface area contributed by atoms with E-state index in [0.29, 0.717) is 6.04 Å². The Morgan fingerprint density at radius 3 is 3.06 bits per heavy atom. The van der Waals surface area contributed by atoms with Crippen LogP contribution in [0, 0.1) is 0 Å². The molecule has 1 unspecified atom stereocenters. The molecule has 0 saturated carbocycles. The Hall–Kier alpha value is -0.930. The van der Waals surface area contributed by atoms with Gasteiger partial charge in [0.1, 0.15) is 0 Å². The molecule has 0 aromatic carbocycles. The van der Waals surface area contributed by atoms with E-state index in [1.54, 1.807) is 0 Å². The highest BCUT2D eigenvalue weighted by atomic mass is 15.1. The molecule has 2 heterocycles. The molecular formula is C15H25N3. The topological polar surface area (TPSA) is 28.2 Å². The summed E-state index contributed by atoms with van der Waals surface area (Å²) in [7, 11) is 2.26. The zero-order valence-corrected chi connectivity index (χ0v) is 11.6. The van der Waals surface area contributed by atoms with Crippen molar-refractivity contribution in [2.75, 3.05) is 20.1 Å². The molecule has 3 nitrogen and oxygen atoms in total. The maximum absolute atomic E-state index is 4.39. The highest BCUT2D eigenvalue weighted by molar-refractivity contribution is 5.07. The molecule has 1 aromatic heterocycles. The lowest BCUT2D eigenvalue weighted by Crippen LogP contribution is -2.38. The average Bonchev–Trinajstić information content (AvgIpc) is 2.42. The van der Waals surface area contributed by atoms with Gasteiger partial charge in [0.05, 0.1) is 5.69 Å². The lowest BCUT2D eigenvalue weighted by atomic mass is 10.00. The lowest BCUT2D eigenvalue weighted by Gasteiger charge is -2.32. The van der Waals surface area contributed by atoms with Crippen molar-refractivity contribution >= 4 is 0 Å². The van der Waals surface area contributed by atoms with Crippen molar-refractivity contribution in [3.8, 4) is 0 Å². The first kappa shape index (κ1) is 13.5. The molecule has 2 rings (SSSR count). The molecule has 1 fully saturated rings. The van der Waals surface area contributed by atoms with E-state index in [9.17, 15) is 0 Å². The van der Waals surface area contributed by atoms with Crippen molar-refractivity contribution in [1.29, 1.82) is 0 Å². The number of nitrogens with zero attached hydrogens (tertiary/aromatic N) is 2. The van der Waals surface area contributed by atoms with E-state index in [4.69, 9.17) is 0 Å². The minimum atomic E-state index is 0.347. The number of hydrogen-bond donors (Lipinski definition) is 1. The second-order valence-electron chi connectivity index (χ2n) is 5.35. The van der Waals surface area contributed by atoms with E-state index < -0.39 is 0 Å². The van der Waals surface area contributed by atoms with Gasteiger partial charge >= 0.3 is 0 Å². The van der Waals surface area contributed by atoms with Gasteiger partial charge < -0.3 is 10.2 Å². The molecule has 1 aliphatic heterocycles. The normalized spacial score (nSPS) is 22.9. The van der Waals surface area contributed by atoms with E-state index in [0.717, 1.165) is 18.3 Å². The Balaban J connectivity index is 1.71. The molecule has 0 bridgehead atoms. The van der Waals surface area contributed by atoms with Crippen LogP contribution >= 0.6 is 0 Å². The zero-order valence-electron chi connectivity index (χ0n) is 11.6. The predicted octanol–water partition coefficient (Wildman–Crippen LogP) is 2.61. The van der Waals surface area contributed by atoms with Gasteiger partial charge in [-0.3, -0.25) is 4.98 Å². The lowest BCUT2D eigenvalue weighted by molar-refractivity contribution is 0.174. The summed E-state index contributed by atoms with van der Waals surface area (Å²) < 4.78 is 0. The third kappa shape index (κ3) is 3.79. The number of likely N-dealkylation sites (tertiary alicyclic amines) is 1. The fourth-order valence-electron chi connectivity index (χ4n) is 2.71. The average molecular weight is 247 g/mol. The first-order chi connectivity index (χ1) is 8.77. The summed E-state index contributed by atoms with van der Waals surface area (Å²) in [4.78, 5) is 6.90. The van der Waals surface area contributed by atoms with Gasteiger partial charge in [-0.1, -0.05) is 12.5 Å². The van der Waals surface area contributed by atoms with Crippen molar-refractivity contribution in [2.24, 2.45) is 0 Å². The van der Waals surface area contributed by atoms with E-state index in [1.807, 2.05) is 12.3 Å².